The second kappa shape index (κ2) is 10.00. The molecule has 0 unspecified atom stereocenters. The molecule has 1 rings (SSSR count). The average molecular weight is 310 g/mol. The summed E-state index contributed by atoms with van der Waals surface area (Å²) in [7, 11) is 5.36. The number of rotatable bonds is 8. The second-order valence-electron chi connectivity index (χ2n) is 5.08. The quantitative estimate of drug-likeness (QED) is 0.438. The molecule has 1 aromatic rings. The first-order valence-corrected chi connectivity index (χ1v) is 7.56. The zero-order valence-electron chi connectivity index (χ0n) is 13.9. The molecule has 0 atom stereocenters. The number of nitrogens with one attached hydrogen (secondary N) is 2. The van der Waals surface area contributed by atoms with Crippen molar-refractivity contribution in [3.63, 3.8) is 0 Å². The van der Waals surface area contributed by atoms with E-state index in [9.17, 15) is 4.39 Å². The van der Waals surface area contributed by atoms with Crippen molar-refractivity contribution in [2.24, 2.45) is 4.99 Å². The number of hydrogen-bond donors (Lipinski definition) is 2. The van der Waals surface area contributed by atoms with E-state index in [4.69, 9.17) is 4.74 Å². The van der Waals surface area contributed by atoms with E-state index in [2.05, 4.69) is 15.6 Å². The number of benzene rings is 1. The number of ether oxygens (including phenoxy) is 1. The molecule has 0 aromatic heterocycles. The summed E-state index contributed by atoms with van der Waals surface area (Å²) in [6, 6.07) is 5.24. The van der Waals surface area contributed by atoms with E-state index in [1.807, 2.05) is 27.1 Å². The van der Waals surface area contributed by atoms with Gasteiger partial charge in [-0.25, -0.2) is 4.39 Å². The van der Waals surface area contributed by atoms with Crippen LogP contribution in [0.4, 0.5) is 10.1 Å². The van der Waals surface area contributed by atoms with Crippen molar-refractivity contribution in [2.75, 3.05) is 45.8 Å². The molecule has 2 N–H and O–H groups in total. The molecule has 1 aromatic carbocycles. The number of halogens is 1. The van der Waals surface area contributed by atoms with Crippen molar-refractivity contribution >= 4 is 11.6 Å². The zero-order chi connectivity index (χ0) is 16.4. The summed E-state index contributed by atoms with van der Waals surface area (Å²) in [4.78, 5) is 5.90. The fraction of sp³-hybridized carbons (Fsp3) is 0.562. The molecule has 0 fully saturated rings. The molecule has 5 nitrogen and oxygen atoms in total. The Morgan fingerprint density at radius 3 is 2.68 bits per heavy atom. The molecule has 0 aliphatic heterocycles. The smallest absolute Gasteiger partial charge is 0.191 e. The summed E-state index contributed by atoms with van der Waals surface area (Å²) in [6.45, 7) is 4.76. The normalized spacial score (nSPS) is 11.4. The van der Waals surface area contributed by atoms with Gasteiger partial charge < -0.3 is 20.3 Å². The Morgan fingerprint density at radius 2 is 2.09 bits per heavy atom. The van der Waals surface area contributed by atoms with Gasteiger partial charge in [-0.2, -0.15) is 0 Å². The third kappa shape index (κ3) is 6.30. The molecule has 0 saturated carbocycles. The molecule has 124 valence electrons. The van der Waals surface area contributed by atoms with E-state index in [-0.39, 0.29) is 5.82 Å². The van der Waals surface area contributed by atoms with Crippen molar-refractivity contribution in [1.82, 2.24) is 10.6 Å². The van der Waals surface area contributed by atoms with Gasteiger partial charge in [-0.3, -0.25) is 4.99 Å². The maximum Gasteiger partial charge on any atom is 0.191 e. The van der Waals surface area contributed by atoms with Crippen LogP contribution >= 0.6 is 0 Å². The first-order valence-electron chi connectivity index (χ1n) is 7.56. The predicted octanol–water partition coefficient (Wildman–Crippen LogP) is 1.98. The van der Waals surface area contributed by atoms with E-state index in [0.717, 1.165) is 31.7 Å². The predicted molar refractivity (Wildman–Crippen MR) is 90.0 cm³/mol. The lowest BCUT2D eigenvalue weighted by Gasteiger charge is -2.15. The molecular weight excluding hydrogens is 283 g/mol. The molecule has 0 radical (unpaired) electrons. The number of hydrogen-bond acceptors (Lipinski definition) is 3. The number of guanidine groups is 1. The van der Waals surface area contributed by atoms with Crippen molar-refractivity contribution in [3.05, 3.63) is 29.6 Å². The Balaban J connectivity index is 2.41. The van der Waals surface area contributed by atoms with Crippen LogP contribution in [0.1, 0.15) is 18.9 Å². The second-order valence-corrected chi connectivity index (χ2v) is 5.08. The Morgan fingerprint density at radius 1 is 1.32 bits per heavy atom. The molecule has 6 heteroatoms. The highest BCUT2D eigenvalue weighted by Gasteiger charge is 2.05. The monoisotopic (exact) mass is 310 g/mol. The van der Waals surface area contributed by atoms with Crippen LogP contribution in [-0.2, 0) is 11.3 Å². The van der Waals surface area contributed by atoms with Crippen LogP contribution in [0, 0.1) is 5.82 Å². The van der Waals surface area contributed by atoms with Crippen LogP contribution in [0.5, 0.6) is 0 Å². The molecule has 0 saturated heterocycles. The molecule has 0 aliphatic rings. The molecule has 22 heavy (non-hydrogen) atoms. The van der Waals surface area contributed by atoms with Crippen molar-refractivity contribution in [3.8, 4) is 0 Å². The summed E-state index contributed by atoms with van der Waals surface area (Å²) in [5.41, 5.74) is 1.46. The van der Waals surface area contributed by atoms with Crippen molar-refractivity contribution in [1.29, 1.82) is 0 Å². The number of nitrogens with zero attached hydrogens (tertiary/aromatic N) is 2. The minimum Gasteiger partial charge on any atom is -0.382 e. The van der Waals surface area contributed by atoms with Gasteiger partial charge in [-0.15, -0.1) is 0 Å². The highest BCUT2D eigenvalue weighted by molar-refractivity contribution is 5.79. The van der Waals surface area contributed by atoms with Crippen LogP contribution in [0.15, 0.2) is 23.2 Å². The summed E-state index contributed by atoms with van der Waals surface area (Å²) < 4.78 is 19.2. The van der Waals surface area contributed by atoms with E-state index in [1.54, 1.807) is 24.1 Å². The topological polar surface area (TPSA) is 48.9 Å². The average Bonchev–Trinajstić information content (AvgIpc) is 2.49. The highest BCUT2D eigenvalue weighted by Crippen LogP contribution is 2.18. The Hall–Kier alpha value is -1.82. The number of anilines is 1. The Labute approximate surface area is 132 Å². The summed E-state index contributed by atoms with van der Waals surface area (Å²) in [6.07, 6.45) is 0.917. The summed E-state index contributed by atoms with van der Waals surface area (Å²) >= 11 is 0. The van der Waals surface area contributed by atoms with Crippen LogP contribution in [0.25, 0.3) is 0 Å². The lowest BCUT2D eigenvalue weighted by molar-refractivity contribution is 0.145. The third-order valence-corrected chi connectivity index (χ3v) is 3.14. The van der Waals surface area contributed by atoms with Crippen molar-refractivity contribution < 1.29 is 9.13 Å². The van der Waals surface area contributed by atoms with Gasteiger partial charge in [-0.05, 0) is 31.0 Å². The highest BCUT2D eigenvalue weighted by atomic mass is 19.1. The van der Waals surface area contributed by atoms with Crippen LogP contribution in [0.2, 0.25) is 0 Å². The van der Waals surface area contributed by atoms with Gasteiger partial charge in [0.25, 0.3) is 0 Å². The standard InChI is InChI=1S/C16H27FN4O/c1-5-22-10-6-9-19-16(18-2)20-12-13-7-8-15(21(3)4)14(17)11-13/h7-8,11H,5-6,9-10,12H2,1-4H3,(H2,18,19,20). The summed E-state index contributed by atoms with van der Waals surface area (Å²) in [5, 5.41) is 6.37. The third-order valence-electron chi connectivity index (χ3n) is 3.14. The first kappa shape index (κ1) is 18.2. The zero-order valence-corrected chi connectivity index (χ0v) is 13.9. The van der Waals surface area contributed by atoms with Gasteiger partial charge in [-0.1, -0.05) is 6.07 Å². The molecule has 0 heterocycles. The molecule has 0 spiro atoms. The van der Waals surface area contributed by atoms with E-state index >= 15 is 0 Å². The van der Waals surface area contributed by atoms with Gasteiger partial charge >= 0.3 is 0 Å². The van der Waals surface area contributed by atoms with E-state index < -0.39 is 0 Å². The molecular formula is C16H27FN4O. The Kier molecular flexibility index (Phi) is 8.28. The minimum absolute atomic E-state index is 0.219. The fourth-order valence-electron chi connectivity index (χ4n) is 1.95. The van der Waals surface area contributed by atoms with Gasteiger partial charge in [0.05, 0.1) is 5.69 Å². The fourth-order valence-corrected chi connectivity index (χ4v) is 1.95. The summed E-state index contributed by atoms with van der Waals surface area (Å²) in [5.74, 6) is 0.484. The molecule has 0 amide bonds. The lowest BCUT2D eigenvalue weighted by Crippen LogP contribution is -2.37. The molecule has 0 bridgehead atoms. The first-order chi connectivity index (χ1) is 10.6. The lowest BCUT2D eigenvalue weighted by atomic mass is 10.2. The van der Waals surface area contributed by atoms with Gasteiger partial charge in [0.2, 0.25) is 0 Å². The van der Waals surface area contributed by atoms with Crippen LogP contribution in [0.3, 0.4) is 0 Å². The van der Waals surface area contributed by atoms with Gasteiger partial charge in [0.15, 0.2) is 5.96 Å². The maximum atomic E-state index is 13.9. The minimum atomic E-state index is -0.219. The molecule has 0 aliphatic carbocycles. The van der Waals surface area contributed by atoms with E-state index in [1.165, 1.54) is 0 Å². The van der Waals surface area contributed by atoms with Crippen LogP contribution in [-0.4, -0.2) is 46.9 Å². The maximum absolute atomic E-state index is 13.9. The SMILES string of the molecule is CCOCCCNC(=NC)NCc1ccc(N(C)C)c(F)c1. The van der Waals surface area contributed by atoms with E-state index in [0.29, 0.717) is 18.2 Å². The van der Waals surface area contributed by atoms with Gasteiger partial charge in [0.1, 0.15) is 5.82 Å². The van der Waals surface area contributed by atoms with Crippen molar-refractivity contribution in [2.45, 2.75) is 19.9 Å². The van der Waals surface area contributed by atoms with Crippen LogP contribution < -0.4 is 15.5 Å². The van der Waals surface area contributed by atoms with Gasteiger partial charge in [0, 0.05) is 47.4 Å². The Bertz CT molecular complexity index is 477. The largest absolute Gasteiger partial charge is 0.382 e. The number of aliphatic imine (C=N–C) groups is 1.